The summed E-state index contributed by atoms with van der Waals surface area (Å²) in [4.78, 5) is 2.21. The second-order valence-corrected chi connectivity index (χ2v) is 3.52. The van der Waals surface area contributed by atoms with Gasteiger partial charge in [-0.1, -0.05) is 18.7 Å². The van der Waals surface area contributed by atoms with Crippen molar-refractivity contribution in [2.24, 2.45) is 0 Å². The molecule has 0 aliphatic carbocycles. The standard InChI is InChI=1S/C14H19N2/c1-4-9-15-12-7-14(8-13-15)16(10-5-2)11-6-3/h4-8,12-13H,1-3,9-11H2/q+1. The average Bonchev–Trinajstić information content (AvgIpc) is 2.30. The molecule has 2 nitrogen and oxygen atoms in total. The van der Waals surface area contributed by atoms with Gasteiger partial charge in [0.1, 0.15) is 0 Å². The highest BCUT2D eigenvalue weighted by molar-refractivity contribution is 5.45. The van der Waals surface area contributed by atoms with Crippen molar-refractivity contribution in [3.8, 4) is 0 Å². The summed E-state index contributed by atoms with van der Waals surface area (Å²) < 4.78 is 2.08. The van der Waals surface area contributed by atoms with Crippen molar-refractivity contribution in [1.82, 2.24) is 0 Å². The first kappa shape index (κ1) is 12.2. The Morgan fingerprint density at radius 2 is 1.56 bits per heavy atom. The van der Waals surface area contributed by atoms with Crippen LogP contribution in [0.15, 0.2) is 62.5 Å². The van der Waals surface area contributed by atoms with E-state index in [1.807, 2.05) is 18.2 Å². The van der Waals surface area contributed by atoms with E-state index in [1.54, 1.807) is 0 Å². The fourth-order valence-electron chi connectivity index (χ4n) is 1.53. The van der Waals surface area contributed by atoms with Gasteiger partial charge in [0, 0.05) is 30.9 Å². The van der Waals surface area contributed by atoms with Crippen LogP contribution in [0.25, 0.3) is 0 Å². The van der Waals surface area contributed by atoms with Crippen LogP contribution in [0.3, 0.4) is 0 Å². The van der Waals surface area contributed by atoms with Crippen LogP contribution in [-0.2, 0) is 6.54 Å². The quantitative estimate of drug-likeness (QED) is 0.500. The molecule has 0 bridgehead atoms. The van der Waals surface area contributed by atoms with E-state index in [-0.39, 0.29) is 0 Å². The van der Waals surface area contributed by atoms with Crippen molar-refractivity contribution in [2.75, 3.05) is 18.0 Å². The molecule has 0 radical (unpaired) electrons. The van der Waals surface area contributed by atoms with Crippen molar-refractivity contribution >= 4 is 5.69 Å². The molecular formula is C14H19N2+. The van der Waals surface area contributed by atoms with Crippen LogP contribution in [0.1, 0.15) is 0 Å². The molecule has 2 heteroatoms. The van der Waals surface area contributed by atoms with Gasteiger partial charge in [0.05, 0.1) is 0 Å². The van der Waals surface area contributed by atoms with Gasteiger partial charge >= 0.3 is 0 Å². The first-order chi connectivity index (χ1) is 7.81. The van der Waals surface area contributed by atoms with Gasteiger partial charge in [-0.25, -0.2) is 4.57 Å². The van der Waals surface area contributed by atoms with E-state index in [2.05, 4.69) is 53.7 Å². The van der Waals surface area contributed by atoms with Gasteiger partial charge in [-0.3, -0.25) is 0 Å². The summed E-state index contributed by atoms with van der Waals surface area (Å²) in [5.74, 6) is 0. The van der Waals surface area contributed by atoms with E-state index < -0.39 is 0 Å². The van der Waals surface area contributed by atoms with Crippen LogP contribution < -0.4 is 9.47 Å². The third-order valence-electron chi connectivity index (χ3n) is 2.28. The number of aromatic nitrogens is 1. The number of anilines is 1. The van der Waals surface area contributed by atoms with Crippen LogP contribution in [0.2, 0.25) is 0 Å². The Balaban J connectivity index is 2.79. The van der Waals surface area contributed by atoms with Gasteiger partial charge in [-0.15, -0.1) is 13.2 Å². The molecule has 0 unspecified atom stereocenters. The largest absolute Gasteiger partial charge is 0.364 e. The van der Waals surface area contributed by atoms with Crippen LogP contribution in [0, 0.1) is 0 Å². The molecule has 16 heavy (non-hydrogen) atoms. The molecule has 1 rings (SSSR count). The van der Waals surface area contributed by atoms with Gasteiger partial charge in [-0.2, -0.15) is 0 Å². The minimum Gasteiger partial charge on any atom is -0.364 e. The predicted octanol–water partition coefficient (Wildman–Crippen LogP) is 2.34. The fraction of sp³-hybridized carbons (Fsp3) is 0.214. The smallest absolute Gasteiger partial charge is 0.171 e. The summed E-state index contributed by atoms with van der Waals surface area (Å²) in [5.41, 5.74) is 1.18. The molecule has 0 aromatic carbocycles. The van der Waals surface area contributed by atoms with Crippen LogP contribution in [-0.4, -0.2) is 13.1 Å². The van der Waals surface area contributed by atoms with E-state index in [4.69, 9.17) is 0 Å². The van der Waals surface area contributed by atoms with E-state index in [0.717, 1.165) is 19.6 Å². The van der Waals surface area contributed by atoms with Crippen molar-refractivity contribution in [2.45, 2.75) is 6.54 Å². The first-order valence-electron chi connectivity index (χ1n) is 5.38. The lowest BCUT2D eigenvalue weighted by atomic mass is 10.3. The number of hydrogen-bond donors (Lipinski definition) is 0. The zero-order valence-electron chi connectivity index (χ0n) is 9.68. The van der Waals surface area contributed by atoms with Gasteiger partial charge < -0.3 is 4.90 Å². The summed E-state index contributed by atoms with van der Waals surface area (Å²) in [6.45, 7) is 13.7. The third-order valence-corrected chi connectivity index (χ3v) is 2.28. The summed E-state index contributed by atoms with van der Waals surface area (Å²) >= 11 is 0. The molecule has 0 atom stereocenters. The molecule has 0 fully saturated rings. The summed E-state index contributed by atoms with van der Waals surface area (Å²) in [6, 6.07) is 4.19. The molecule has 0 N–H and O–H groups in total. The number of allylic oxidation sites excluding steroid dienone is 1. The maximum Gasteiger partial charge on any atom is 0.171 e. The van der Waals surface area contributed by atoms with E-state index in [0.29, 0.717) is 0 Å². The first-order valence-corrected chi connectivity index (χ1v) is 5.38. The lowest BCUT2D eigenvalue weighted by Gasteiger charge is -2.20. The third kappa shape index (κ3) is 3.39. The van der Waals surface area contributed by atoms with Gasteiger partial charge in [0.2, 0.25) is 0 Å². The molecule has 0 aliphatic heterocycles. The Bertz CT molecular complexity index is 342. The number of hydrogen-bond acceptors (Lipinski definition) is 1. The Hall–Kier alpha value is -1.83. The van der Waals surface area contributed by atoms with Crippen molar-refractivity contribution < 1.29 is 4.57 Å². The molecule has 0 saturated carbocycles. The minimum atomic E-state index is 0.831. The summed E-state index contributed by atoms with van der Waals surface area (Å²) in [7, 11) is 0. The lowest BCUT2D eigenvalue weighted by Crippen LogP contribution is -2.32. The second kappa shape index (κ2) is 6.62. The summed E-state index contributed by atoms with van der Waals surface area (Å²) in [5, 5.41) is 0. The Kier molecular flexibility index (Phi) is 5.06. The maximum atomic E-state index is 3.76. The molecule has 0 saturated heterocycles. The average molecular weight is 215 g/mol. The normalized spacial score (nSPS) is 9.50. The fourth-order valence-corrected chi connectivity index (χ4v) is 1.53. The SMILES string of the molecule is C=CCN(CC=C)c1cc[n+](CC=C)cc1. The maximum absolute atomic E-state index is 3.76. The zero-order valence-corrected chi connectivity index (χ0v) is 9.68. The van der Waals surface area contributed by atoms with Crippen LogP contribution >= 0.6 is 0 Å². The van der Waals surface area contributed by atoms with E-state index in [9.17, 15) is 0 Å². The highest BCUT2D eigenvalue weighted by Crippen LogP contribution is 2.10. The molecule has 1 heterocycles. The van der Waals surface area contributed by atoms with Crippen molar-refractivity contribution in [3.63, 3.8) is 0 Å². The van der Waals surface area contributed by atoms with Crippen LogP contribution in [0.5, 0.6) is 0 Å². The second-order valence-electron chi connectivity index (χ2n) is 3.52. The summed E-state index contributed by atoms with van der Waals surface area (Å²) in [6.07, 6.45) is 9.78. The lowest BCUT2D eigenvalue weighted by molar-refractivity contribution is -0.686. The number of rotatable bonds is 7. The van der Waals surface area contributed by atoms with Crippen molar-refractivity contribution in [3.05, 3.63) is 62.5 Å². The Labute approximate surface area is 97.8 Å². The predicted molar refractivity (Wildman–Crippen MR) is 69.4 cm³/mol. The van der Waals surface area contributed by atoms with Gasteiger partial charge in [0.25, 0.3) is 0 Å². The Morgan fingerprint density at radius 1 is 1.00 bits per heavy atom. The van der Waals surface area contributed by atoms with Gasteiger partial charge in [-0.05, 0) is 6.08 Å². The number of nitrogens with zero attached hydrogens (tertiary/aromatic N) is 2. The van der Waals surface area contributed by atoms with Crippen molar-refractivity contribution in [1.29, 1.82) is 0 Å². The molecule has 1 aromatic rings. The Morgan fingerprint density at radius 3 is 2.00 bits per heavy atom. The monoisotopic (exact) mass is 215 g/mol. The molecular weight excluding hydrogens is 196 g/mol. The molecule has 0 amide bonds. The molecule has 84 valence electrons. The highest BCUT2D eigenvalue weighted by atomic mass is 15.1. The molecule has 0 aliphatic rings. The highest BCUT2D eigenvalue weighted by Gasteiger charge is 2.04. The van der Waals surface area contributed by atoms with E-state index in [1.165, 1.54) is 5.69 Å². The van der Waals surface area contributed by atoms with E-state index >= 15 is 0 Å². The minimum absolute atomic E-state index is 0.831. The zero-order chi connectivity index (χ0) is 11.8. The topological polar surface area (TPSA) is 7.12 Å². The van der Waals surface area contributed by atoms with Gasteiger partial charge in [0.15, 0.2) is 18.9 Å². The molecule has 1 aromatic heterocycles. The number of pyridine rings is 1. The van der Waals surface area contributed by atoms with Crippen LogP contribution in [0.4, 0.5) is 5.69 Å². The molecule has 0 spiro atoms.